The van der Waals surface area contributed by atoms with Crippen molar-refractivity contribution in [1.29, 1.82) is 0 Å². The number of nitrogens with zero attached hydrogens (tertiary/aromatic N) is 5. The number of carbonyl (C=O) groups excluding carboxylic acids is 1. The molecule has 0 aliphatic rings. The van der Waals surface area contributed by atoms with Gasteiger partial charge in [0.05, 0.1) is 29.3 Å². The summed E-state index contributed by atoms with van der Waals surface area (Å²) < 4.78 is 9.15. The van der Waals surface area contributed by atoms with Gasteiger partial charge in [0.1, 0.15) is 11.6 Å². The highest BCUT2D eigenvalue weighted by atomic mass is 32.2. The zero-order valence-electron chi connectivity index (χ0n) is 17.1. The maximum atomic E-state index is 12.8. The molecule has 0 saturated carbocycles. The molecule has 3 heterocycles. The Kier molecular flexibility index (Phi) is 6.58. The van der Waals surface area contributed by atoms with Crippen molar-refractivity contribution in [1.82, 2.24) is 24.5 Å². The Morgan fingerprint density at radius 3 is 2.83 bits per heavy atom. The van der Waals surface area contributed by atoms with Crippen molar-refractivity contribution in [2.75, 3.05) is 5.32 Å². The molecule has 0 unspecified atom stereocenters. The Morgan fingerprint density at radius 1 is 1.38 bits per heavy atom. The number of thioether (sulfide) groups is 1. The van der Waals surface area contributed by atoms with E-state index in [1.54, 1.807) is 24.6 Å². The van der Waals surface area contributed by atoms with Gasteiger partial charge < -0.3 is 9.73 Å². The Morgan fingerprint density at radius 2 is 2.17 bits per heavy atom. The zero-order chi connectivity index (χ0) is 21.0. The first-order chi connectivity index (χ1) is 14.0. The summed E-state index contributed by atoms with van der Waals surface area (Å²) in [7, 11) is 0. The van der Waals surface area contributed by atoms with Crippen molar-refractivity contribution in [3.8, 4) is 11.4 Å². The van der Waals surface area contributed by atoms with E-state index in [2.05, 4.69) is 41.0 Å². The Labute approximate surface area is 174 Å². The van der Waals surface area contributed by atoms with E-state index in [-0.39, 0.29) is 17.2 Å². The van der Waals surface area contributed by atoms with Crippen molar-refractivity contribution in [3.63, 3.8) is 0 Å². The molecule has 0 spiro atoms. The second-order valence-electron chi connectivity index (χ2n) is 6.76. The van der Waals surface area contributed by atoms with Crippen molar-refractivity contribution in [2.24, 2.45) is 0 Å². The van der Waals surface area contributed by atoms with Crippen LogP contribution in [0.2, 0.25) is 0 Å². The van der Waals surface area contributed by atoms with E-state index in [1.807, 2.05) is 29.2 Å². The minimum atomic E-state index is -0.374. The van der Waals surface area contributed by atoms with Crippen LogP contribution < -0.4 is 5.32 Å². The first-order valence-electron chi connectivity index (χ1n) is 9.55. The fourth-order valence-electron chi connectivity index (χ4n) is 2.86. The first-order valence-corrected chi connectivity index (χ1v) is 10.4. The van der Waals surface area contributed by atoms with Crippen LogP contribution in [0.5, 0.6) is 0 Å². The summed E-state index contributed by atoms with van der Waals surface area (Å²) >= 11 is 1.35. The van der Waals surface area contributed by atoms with E-state index in [0.29, 0.717) is 23.3 Å². The number of nitrogens with one attached hydrogen (secondary N) is 1. The average Bonchev–Trinajstić information content (AvgIpc) is 3.42. The predicted molar refractivity (Wildman–Crippen MR) is 114 cm³/mol. The molecule has 0 saturated heterocycles. The normalized spacial score (nSPS) is 13.2. The minimum Gasteiger partial charge on any atom is -0.469 e. The molecule has 0 radical (unpaired) electrons. The summed E-state index contributed by atoms with van der Waals surface area (Å²) in [6.45, 7) is 12.2. The lowest BCUT2D eigenvalue weighted by Gasteiger charge is -2.16. The number of allylic oxidation sites excluding steroid dienone is 1. The van der Waals surface area contributed by atoms with Gasteiger partial charge in [-0.1, -0.05) is 24.8 Å². The molecule has 0 fully saturated rings. The third kappa shape index (κ3) is 4.45. The highest BCUT2D eigenvalue weighted by molar-refractivity contribution is 8.00. The van der Waals surface area contributed by atoms with Gasteiger partial charge in [0.2, 0.25) is 5.91 Å². The second-order valence-corrected chi connectivity index (χ2v) is 8.07. The topological polar surface area (TPSA) is 90.8 Å². The lowest BCUT2D eigenvalue weighted by molar-refractivity contribution is -0.115. The number of aromatic nitrogens is 5. The van der Waals surface area contributed by atoms with Crippen LogP contribution in [0.15, 0.2) is 46.8 Å². The smallest absolute Gasteiger partial charge is 0.238 e. The van der Waals surface area contributed by atoms with Crippen molar-refractivity contribution >= 4 is 23.5 Å². The molecule has 0 aliphatic carbocycles. The molecular formula is C20H26N6O2S. The van der Waals surface area contributed by atoms with Gasteiger partial charge in [-0.15, -0.1) is 16.8 Å². The predicted octanol–water partition coefficient (Wildman–Crippen LogP) is 4.32. The Bertz CT molecular complexity index is 989. The SMILES string of the molecule is C=CCn1c(S[C@@H](C)C(=O)Nc2ccnn2[C@H](C)CC)nnc1-c1ccoc1C. The third-order valence-electron chi connectivity index (χ3n) is 4.71. The molecule has 0 aromatic carbocycles. The monoisotopic (exact) mass is 414 g/mol. The van der Waals surface area contributed by atoms with E-state index in [4.69, 9.17) is 4.42 Å². The van der Waals surface area contributed by atoms with Crippen LogP contribution in [0.25, 0.3) is 11.4 Å². The van der Waals surface area contributed by atoms with Crippen LogP contribution in [0.1, 0.15) is 39.0 Å². The quantitative estimate of drug-likeness (QED) is 0.414. The maximum Gasteiger partial charge on any atom is 0.238 e. The first kappa shape index (κ1) is 20.9. The zero-order valence-corrected chi connectivity index (χ0v) is 17.9. The number of anilines is 1. The fourth-order valence-corrected chi connectivity index (χ4v) is 3.72. The summed E-state index contributed by atoms with van der Waals surface area (Å²) in [5, 5.41) is 16.2. The number of aryl methyl sites for hydroxylation is 1. The summed E-state index contributed by atoms with van der Waals surface area (Å²) in [6.07, 6.45) is 6.03. The van der Waals surface area contributed by atoms with Gasteiger partial charge in [0.25, 0.3) is 0 Å². The molecule has 0 aliphatic heterocycles. The van der Waals surface area contributed by atoms with Crippen molar-refractivity contribution in [2.45, 2.75) is 57.1 Å². The van der Waals surface area contributed by atoms with Crippen LogP contribution in [0.3, 0.4) is 0 Å². The van der Waals surface area contributed by atoms with Gasteiger partial charge in [-0.05, 0) is 33.3 Å². The lowest BCUT2D eigenvalue weighted by atomic mass is 10.2. The summed E-state index contributed by atoms with van der Waals surface area (Å²) in [4.78, 5) is 12.8. The van der Waals surface area contributed by atoms with Gasteiger partial charge >= 0.3 is 0 Å². The van der Waals surface area contributed by atoms with Crippen LogP contribution in [0.4, 0.5) is 5.82 Å². The van der Waals surface area contributed by atoms with Crippen LogP contribution in [-0.2, 0) is 11.3 Å². The van der Waals surface area contributed by atoms with Crippen molar-refractivity contribution in [3.05, 3.63) is 43.0 Å². The van der Waals surface area contributed by atoms with E-state index >= 15 is 0 Å². The van der Waals surface area contributed by atoms with Gasteiger partial charge in [-0.25, -0.2) is 4.68 Å². The van der Waals surface area contributed by atoms with Gasteiger partial charge in [0.15, 0.2) is 11.0 Å². The molecule has 2 atom stereocenters. The summed E-state index contributed by atoms with van der Waals surface area (Å²) in [5.41, 5.74) is 0.876. The van der Waals surface area contributed by atoms with Gasteiger partial charge in [0, 0.05) is 12.6 Å². The number of furan rings is 1. The Hall–Kier alpha value is -2.81. The minimum absolute atomic E-state index is 0.116. The largest absolute Gasteiger partial charge is 0.469 e. The molecule has 154 valence electrons. The highest BCUT2D eigenvalue weighted by Crippen LogP contribution is 2.29. The van der Waals surface area contributed by atoms with Gasteiger partial charge in [-0.3, -0.25) is 9.36 Å². The molecule has 3 aromatic rings. The third-order valence-corrected chi connectivity index (χ3v) is 5.79. The lowest BCUT2D eigenvalue weighted by Crippen LogP contribution is -2.25. The molecule has 1 amide bonds. The molecule has 3 rings (SSSR count). The van der Waals surface area contributed by atoms with E-state index in [0.717, 1.165) is 17.7 Å². The maximum absolute atomic E-state index is 12.8. The standard InChI is InChI=1S/C20H26N6O2S/c1-6-11-25-18(16-9-12-28-14(16)4)23-24-20(25)29-15(5)19(27)22-17-8-10-21-26(17)13(3)7-2/h6,8-10,12-13,15H,1,7,11H2,2-5H3,(H,22,27)/t13-,15+/m1/s1. The number of hydrogen-bond acceptors (Lipinski definition) is 6. The van der Waals surface area contributed by atoms with Crippen molar-refractivity contribution < 1.29 is 9.21 Å². The Balaban J connectivity index is 1.77. The summed E-state index contributed by atoms with van der Waals surface area (Å²) in [5.74, 6) is 2.04. The molecule has 0 bridgehead atoms. The molecule has 8 nitrogen and oxygen atoms in total. The van der Waals surface area contributed by atoms with E-state index in [9.17, 15) is 4.79 Å². The highest BCUT2D eigenvalue weighted by Gasteiger charge is 2.23. The molecule has 1 N–H and O–H groups in total. The van der Waals surface area contributed by atoms with Gasteiger partial charge in [-0.2, -0.15) is 5.10 Å². The number of amides is 1. The van der Waals surface area contributed by atoms with Crippen LogP contribution in [-0.4, -0.2) is 35.7 Å². The molecule has 29 heavy (non-hydrogen) atoms. The van der Waals surface area contributed by atoms with E-state index in [1.165, 1.54) is 11.8 Å². The second kappa shape index (κ2) is 9.13. The fraction of sp³-hybridized carbons (Fsp3) is 0.400. The molecule has 9 heteroatoms. The van der Waals surface area contributed by atoms with Crippen LogP contribution >= 0.6 is 11.8 Å². The number of rotatable bonds is 9. The van der Waals surface area contributed by atoms with Crippen LogP contribution in [0, 0.1) is 6.92 Å². The molecule has 3 aromatic heterocycles. The number of carbonyl (C=O) groups is 1. The summed E-state index contributed by atoms with van der Waals surface area (Å²) in [6, 6.07) is 3.88. The molecular weight excluding hydrogens is 388 g/mol. The average molecular weight is 415 g/mol. The number of hydrogen-bond donors (Lipinski definition) is 1. The van der Waals surface area contributed by atoms with E-state index < -0.39 is 0 Å².